The van der Waals surface area contributed by atoms with E-state index in [2.05, 4.69) is 4.98 Å². The van der Waals surface area contributed by atoms with Gasteiger partial charge in [0.25, 0.3) is 0 Å². The van der Waals surface area contributed by atoms with Crippen LogP contribution in [0.4, 0.5) is 13.2 Å². The van der Waals surface area contributed by atoms with Gasteiger partial charge >= 0.3 is 12.1 Å². The van der Waals surface area contributed by atoms with E-state index in [0.29, 0.717) is 18.4 Å². The van der Waals surface area contributed by atoms with Crippen molar-refractivity contribution in [1.82, 2.24) is 4.98 Å². The Morgan fingerprint density at radius 2 is 1.85 bits per heavy atom. The summed E-state index contributed by atoms with van der Waals surface area (Å²) >= 11 is 0. The molecule has 1 atom stereocenters. The van der Waals surface area contributed by atoms with Gasteiger partial charge in [-0.15, -0.1) is 0 Å². The van der Waals surface area contributed by atoms with Gasteiger partial charge in [0.05, 0.1) is 23.6 Å². The molecule has 178 valence electrons. The predicted octanol–water partition coefficient (Wildman–Crippen LogP) is 6.39. The maximum atomic E-state index is 13.1. The summed E-state index contributed by atoms with van der Waals surface area (Å²) in [7, 11) is 0. The summed E-state index contributed by atoms with van der Waals surface area (Å²) in [6, 6.07) is 13.7. The lowest BCUT2D eigenvalue weighted by molar-refractivity contribution is -0.139. The van der Waals surface area contributed by atoms with Crippen molar-refractivity contribution in [2.24, 2.45) is 0 Å². The van der Waals surface area contributed by atoms with Crippen LogP contribution in [0.1, 0.15) is 47.1 Å². The highest BCUT2D eigenvalue weighted by Crippen LogP contribution is 2.37. The molecule has 1 aromatic heterocycles. The summed E-state index contributed by atoms with van der Waals surface area (Å²) in [4.78, 5) is 16.2. The second-order valence-electron chi connectivity index (χ2n) is 8.36. The summed E-state index contributed by atoms with van der Waals surface area (Å²) in [5.41, 5.74) is 0.648. The number of benzene rings is 2. The van der Waals surface area contributed by atoms with Crippen molar-refractivity contribution in [3.8, 4) is 22.8 Å². The fourth-order valence-electron chi connectivity index (χ4n) is 3.67. The van der Waals surface area contributed by atoms with Crippen LogP contribution in [0, 0.1) is 6.92 Å². The molecular weight excluding hydrogens is 451 g/mol. The van der Waals surface area contributed by atoms with Gasteiger partial charge in [-0.3, -0.25) is 0 Å². The third kappa shape index (κ3) is 5.05. The number of carboxylic acid groups (broad SMARTS) is 1. The van der Waals surface area contributed by atoms with Crippen LogP contribution in [-0.4, -0.2) is 28.5 Å². The molecule has 2 heterocycles. The van der Waals surface area contributed by atoms with E-state index in [-0.39, 0.29) is 23.2 Å². The minimum Gasteiger partial charge on any atom is -0.478 e. The summed E-state index contributed by atoms with van der Waals surface area (Å²) < 4.78 is 56.4. The standard InChI is InChI=1S/C25H22F3NO5/c1-14-11-16(25(26,27)28)12-18(23(30)31)22(14)33-17-9-7-15(8-10-17)19-5-4-6-20(29-19)21-13-32-24(2,3)34-21/h4-12,21H,13H2,1-3H3,(H,30,31)/t21-/m1/s1. The molecule has 1 aliphatic rings. The van der Waals surface area contributed by atoms with E-state index in [4.69, 9.17) is 14.2 Å². The van der Waals surface area contributed by atoms with Crippen molar-refractivity contribution in [3.63, 3.8) is 0 Å². The lowest BCUT2D eigenvalue weighted by atomic mass is 10.0. The number of rotatable bonds is 5. The normalized spacial score (nSPS) is 17.5. The van der Waals surface area contributed by atoms with Gasteiger partial charge in [-0.05, 0) is 74.9 Å². The van der Waals surface area contributed by atoms with Gasteiger partial charge in [-0.2, -0.15) is 13.2 Å². The van der Waals surface area contributed by atoms with Crippen LogP contribution in [-0.2, 0) is 15.7 Å². The van der Waals surface area contributed by atoms with Crippen molar-refractivity contribution in [2.75, 3.05) is 6.61 Å². The zero-order valence-corrected chi connectivity index (χ0v) is 18.6. The molecule has 1 aliphatic heterocycles. The molecule has 34 heavy (non-hydrogen) atoms. The van der Waals surface area contributed by atoms with Crippen molar-refractivity contribution in [3.05, 3.63) is 77.0 Å². The third-order valence-electron chi connectivity index (χ3n) is 5.31. The Labute approximate surface area is 193 Å². The van der Waals surface area contributed by atoms with Crippen LogP contribution < -0.4 is 4.74 Å². The van der Waals surface area contributed by atoms with Gasteiger partial charge in [0, 0.05) is 5.56 Å². The van der Waals surface area contributed by atoms with E-state index < -0.39 is 29.1 Å². The van der Waals surface area contributed by atoms with Gasteiger partial charge < -0.3 is 19.3 Å². The number of hydrogen-bond donors (Lipinski definition) is 1. The molecule has 0 unspecified atom stereocenters. The predicted molar refractivity (Wildman–Crippen MR) is 117 cm³/mol. The number of carbonyl (C=O) groups is 1. The molecule has 0 spiro atoms. The minimum absolute atomic E-state index is 0.0624. The molecule has 0 amide bonds. The molecule has 0 bridgehead atoms. The van der Waals surface area contributed by atoms with E-state index in [1.54, 1.807) is 24.3 Å². The topological polar surface area (TPSA) is 77.9 Å². The van der Waals surface area contributed by atoms with Crippen LogP contribution in [0.5, 0.6) is 11.5 Å². The van der Waals surface area contributed by atoms with Crippen LogP contribution in [0.25, 0.3) is 11.3 Å². The fraction of sp³-hybridized carbons (Fsp3) is 0.280. The molecule has 4 rings (SSSR count). The zero-order chi connectivity index (χ0) is 24.7. The molecule has 1 fully saturated rings. The van der Waals surface area contributed by atoms with E-state index >= 15 is 0 Å². The number of aryl methyl sites for hydroxylation is 1. The minimum atomic E-state index is -4.66. The fourth-order valence-corrected chi connectivity index (χ4v) is 3.67. The summed E-state index contributed by atoms with van der Waals surface area (Å²) in [5, 5.41) is 9.42. The quantitative estimate of drug-likeness (QED) is 0.463. The van der Waals surface area contributed by atoms with Crippen LogP contribution >= 0.6 is 0 Å². The molecule has 1 N–H and O–H groups in total. The van der Waals surface area contributed by atoms with E-state index in [9.17, 15) is 23.1 Å². The highest BCUT2D eigenvalue weighted by Gasteiger charge is 2.35. The zero-order valence-electron chi connectivity index (χ0n) is 18.6. The number of aromatic nitrogens is 1. The van der Waals surface area contributed by atoms with E-state index in [1.807, 2.05) is 32.0 Å². The number of nitrogens with zero attached hydrogens (tertiary/aromatic N) is 1. The maximum Gasteiger partial charge on any atom is 0.416 e. The smallest absolute Gasteiger partial charge is 0.416 e. The Bertz CT molecular complexity index is 1220. The van der Waals surface area contributed by atoms with Gasteiger partial charge in [-0.25, -0.2) is 9.78 Å². The first kappa shape index (κ1) is 23.7. The van der Waals surface area contributed by atoms with Crippen molar-refractivity contribution in [1.29, 1.82) is 0 Å². The van der Waals surface area contributed by atoms with Gasteiger partial charge in [0.1, 0.15) is 23.2 Å². The number of carboxylic acids is 1. The third-order valence-corrected chi connectivity index (χ3v) is 5.31. The Kier molecular flexibility index (Phi) is 6.09. The molecular formula is C25H22F3NO5. The van der Waals surface area contributed by atoms with Crippen molar-refractivity contribution < 1.29 is 37.3 Å². The number of aromatic carboxylic acids is 1. The van der Waals surface area contributed by atoms with Crippen LogP contribution in [0.2, 0.25) is 0 Å². The van der Waals surface area contributed by atoms with Gasteiger partial charge in [0.2, 0.25) is 0 Å². The highest BCUT2D eigenvalue weighted by atomic mass is 19.4. The average molecular weight is 473 g/mol. The molecule has 9 heteroatoms. The van der Waals surface area contributed by atoms with Crippen LogP contribution in [0.3, 0.4) is 0 Å². The highest BCUT2D eigenvalue weighted by molar-refractivity contribution is 5.92. The summed E-state index contributed by atoms with van der Waals surface area (Å²) in [5.74, 6) is -2.05. The average Bonchev–Trinajstić information content (AvgIpc) is 3.14. The number of pyridine rings is 1. The summed E-state index contributed by atoms with van der Waals surface area (Å²) in [6.45, 7) is 5.44. The number of alkyl halides is 3. The second-order valence-corrected chi connectivity index (χ2v) is 8.36. The van der Waals surface area contributed by atoms with Crippen molar-refractivity contribution >= 4 is 5.97 Å². The molecule has 1 saturated heterocycles. The second kappa shape index (κ2) is 8.73. The number of ether oxygens (including phenoxy) is 3. The van der Waals surface area contributed by atoms with E-state index in [0.717, 1.165) is 17.3 Å². The monoisotopic (exact) mass is 473 g/mol. The van der Waals surface area contributed by atoms with Crippen LogP contribution in [0.15, 0.2) is 54.6 Å². The molecule has 0 aliphatic carbocycles. The van der Waals surface area contributed by atoms with Gasteiger partial charge in [0.15, 0.2) is 5.79 Å². The number of halogens is 3. The first-order valence-electron chi connectivity index (χ1n) is 10.4. The van der Waals surface area contributed by atoms with E-state index in [1.165, 1.54) is 6.92 Å². The molecule has 3 aromatic rings. The first-order valence-corrected chi connectivity index (χ1v) is 10.4. The maximum absolute atomic E-state index is 13.1. The molecule has 2 aromatic carbocycles. The molecule has 0 saturated carbocycles. The Balaban J connectivity index is 1.58. The Morgan fingerprint density at radius 1 is 1.15 bits per heavy atom. The largest absolute Gasteiger partial charge is 0.478 e. The lowest BCUT2D eigenvalue weighted by Crippen LogP contribution is -2.19. The summed E-state index contributed by atoms with van der Waals surface area (Å²) in [6.07, 6.45) is -4.95. The van der Waals surface area contributed by atoms with Crippen molar-refractivity contribution in [2.45, 2.75) is 38.8 Å². The molecule has 0 radical (unpaired) electrons. The molecule has 6 nitrogen and oxygen atoms in total. The lowest BCUT2D eigenvalue weighted by Gasteiger charge is -2.17. The SMILES string of the molecule is Cc1cc(C(F)(F)F)cc(C(=O)O)c1Oc1ccc(-c2cccc([C@H]3COC(C)(C)O3)n2)cc1. The van der Waals surface area contributed by atoms with Gasteiger partial charge in [-0.1, -0.05) is 6.07 Å². The first-order chi connectivity index (χ1) is 15.9. The Morgan fingerprint density at radius 3 is 2.44 bits per heavy atom. The number of hydrogen-bond acceptors (Lipinski definition) is 5. The Hall–Kier alpha value is -3.43.